The number of nitrogens with zero attached hydrogens (tertiary/aromatic N) is 2. The average Bonchev–Trinajstić information content (AvgIpc) is 2.72. The van der Waals surface area contributed by atoms with Crippen LogP contribution in [0.4, 0.5) is 0 Å². The van der Waals surface area contributed by atoms with E-state index in [1.807, 2.05) is 0 Å². The molecule has 4 nitrogen and oxygen atoms in total. The Bertz CT molecular complexity index is 555. The second kappa shape index (κ2) is 5.71. The molecule has 0 aliphatic carbocycles. The predicted molar refractivity (Wildman–Crippen MR) is 70.6 cm³/mol. The van der Waals surface area contributed by atoms with Gasteiger partial charge < -0.3 is 14.4 Å². The van der Waals surface area contributed by atoms with Crippen LogP contribution in [0.3, 0.4) is 0 Å². The first kappa shape index (κ1) is 13.4. The van der Waals surface area contributed by atoms with Crippen LogP contribution in [0.15, 0.2) is 24.4 Å². The molecule has 1 heterocycles. The van der Waals surface area contributed by atoms with Gasteiger partial charge in [0.05, 0.1) is 10.7 Å². The number of ether oxygens (including phenoxy) is 1. The number of aromatic nitrogens is 2. The maximum atomic E-state index is 9.23. The molecule has 1 N–H and O–H groups in total. The van der Waals surface area contributed by atoms with E-state index in [4.69, 9.17) is 27.9 Å². The van der Waals surface area contributed by atoms with Crippen LogP contribution in [-0.4, -0.2) is 21.8 Å². The van der Waals surface area contributed by atoms with Gasteiger partial charge >= 0.3 is 0 Å². The van der Waals surface area contributed by atoms with Crippen LogP contribution in [0.1, 0.15) is 5.82 Å². The molecule has 0 fully saturated rings. The number of benzene rings is 1. The molecule has 1 aromatic heterocycles. The molecule has 1 aromatic carbocycles. The fourth-order valence-corrected chi connectivity index (χ4v) is 2.16. The molecule has 0 amide bonds. The Morgan fingerprint density at radius 2 is 2.17 bits per heavy atom. The number of methoxy groups -OCH3 is 1. The quantitative estimate of drug-likeness (QED) is 0.940. The Labute approximate surface area is 115 Å². The first-order valence-corrected chi connectivity index (χ1v) is 6.02. The van der Waals surface area contributed by atoms with Crippen LogP contribution in [0.25, 0.3) is 11.3 Å². The van der Waals surface area contributed by atoms with E-state index in [9.17, 15) is 5.11 Å². The van der Waals surface area contributed by atoms with Gasteiger partial charge in [0.1, 0.15) is 19.2 Å². The standard InChI is InChI=1S/C12H12Cl2N2O2/c1-18-7-16-5-11(15-12(16)6-17)9-3-2-8(13)4-10(9)14/h2-5,17H,6-7H2,1H3. The zero-order valence-corrected chi connectivity index (χ0v) is 11.2. The molecule has 0 unspecified atom stereocenters. The number of hydrogen-bond acceptors (Lipinski definition) is 3. The van der Waals surface area contributed by atoms with Crippen LogP contribution in [-0.2, 0) is 18.1 Å². The first-order chi connectivity index (χ1) is 8.65. The van der Waals surface area contributed by atoms with Crippen molar-refractivity contribution in [1.29, 1.82) is 0 Å². The molecule has 0 spiro atoms. The lowest BCUT2D eigenvalue weighted by Crippen LogP contribution is -2.03. The van der Waals surface area contributed by atoms with Crippen molar-refractivity contribution in [3.8, 4) is 11.3 Å². The van der Waals surface area contributed by atoms with Gasteiger partial charge in [-0.05, 0) is 18.2 Å². The largest absolute Gasteiger partial charge is 0.388 e. The van der Waals surface area contributed by atoms with Crippen LogP contribution in [0, 0.1) is 0 Å². The highest BCUT2D eigenvalue weighted by Gasteiger charge is 2.11. The lowest BCUT2D eigenvalue weighted by molar-refractivity contribution is 0.123. The third-order valence-electron chi connectivity index (χ3n) is 2.48. The van der Waals surface area contributed by atoms with E-state index < -0.39 is 0 Å². The summed E-state index contributed by atoms with van der Waals surface area (Å²) in [4.78, 5) is 4.31. The summed E-state index contributed by atoms with van der Waals surface area (Å²) in [5, 5.41) is 10.3. The van der Waals surface area contributed by atoms with E-state index in [1.165, 1.54) is 0 Å². The summed E-state index contributed by atoms with van der Waals surface area (Å²) < 4.78 is 6.75. The van der Waals surface area contributed by atoms with Gasteiger partial charge in [0.2, 0.25) is 0 Å². The monoisotopic (exact) mass is 286 g/mol. The molecule has 0 radical (unpaired) electrons. The molecule has 0 aliphatic heterocycles. The maximum absolute atomic E-state index is 9.23. The average molecular weight is 287 g/mol. The van der Waals surface area contributed by atoms with Gasteiger partial charge in [0.25, 0.3) is 0 Å². The van der Waals surface area contributed by atoms with Crippen molar-refractivity contribution in [1.82, 2.24) is 9.55 Å². The number of aliphatic hydroxyl groups is 1. The Morgan fingerprint density at radius 3 is 2.78 bits per heavy atom. The molecule has 0 bridgehead atoms. The third-order valence-corrected chi connectivity index (χ3v) is 3.02. The van der Waals surface area contributed by atoms with Crippen molar-refractivity contribution < 1.29 is 9.84 Å². The topological polar surface area (TPSA) is 47.3 Å². The molecule has 18 heavy (non-hydrogen) atoms. The number of imidazole rings is 1. The van der Waals surface area contributed by atoms with Crippen LogP contribution in [0.2, 0.25) is 10.0 Å². The van der Waals surface area contributed by atoms with Crippen molar-refractivity contribution >= 4 is 23.2 Å². The minimum atomic E-state index is -0.158. The zero-order chi connectivity index (χ0) is 13.1. The van der Waals surface area contributed by atoms with Gasteiger partial charge in [-0.1, -0.05) is 23.2 Å². The number of hydrogen-bond donors (Lipinski definition) is 1. The molecule has 0 saturated carbocycles. The molecule has 0 aliphatic rings. The molecule has 2 rings (SSSR count). The normalized spacial score (nSPS) is 10.9. The molecular weight excluding hydrogens is 275 g/mol. The molecule has 96 valence electrons. The van der Waals surface area contributed by atoms with Gasteiger partial charge in [-0.25, -0.2) is 4.98 Å². The lowest BCUT2D eigenvalue weighted by Gasteiger charge is -2.02. The smallest absolute Gasteiger partial charge is 0.137 e. The van der Waals surface area contributed by atoms with Gasteiger partial charge in [-0.2, -0.15) is 0 Å². The number of halogens is 2. The summed E-state index contributed by atoms with van der Waals surface area (Å²) in [6, 6.07) is 5.20. The highest BCUT2D eigenvalue weighted by atomic mass is 35.5. The van der Waals surface area contributed by atoms with Gasteiger partial charge in [-0.3, -0.25) is 0 Å². The van der Waals surface area contributed by atoms with E-state index in [1.54, 1.807) is 36.1 Å². The summed E-state index contributed by atoms with van der Waals surface area (Å²) >= 11 is 12.0. The second-order valence-corrected chi connectivity index (χ2v) is 4.56. The molecule has 6 heteroatoms. The van der Waals surface area contributed by atoms with E-state index in [0.29, 0.717) is 28.3 Å². The fourth-order valence-electron chi connectivity index (χ4n) is 1.66. The molecule has 0 saturated heterocycles. The highest BCUT2D eigenvalue weighted by molar-refractivity contribution is 6.36. The summed E-state index contributed by atoms with van der Waals surface area (Å²) in [6.45, 7) is 0.169. The third kappa shape index (κ3) is 2.67. The zero-order valence-electron chi connectivity index (χ0n) is 9.73. The molecular formula is C12H12Cl2N2O2. The van der Waals surface area contributed by atoms with Gasteiger partial charge in [-0.15, -0.1) is 0 Å². The van der Waals surface area contributed by atoms with Gasteiger partial charge in [0, 0.05) is 23.9 Å². The fraction of sp³-hybridized carbons (Fsp3) is 0.250. The van der Waals surface area contributed by atoms with E-state index in [0.717, 1.165) is 5.56 Å². The maximum Gasteiger partial charge on any atom is 0.137 e. The van der Waals surface area contributed by atoms with E-state index >= 15 is 0 Å². The van der Waals surface area contributed by atoms with Gasteiger partial charge in [0.15, 0.2) is 0 Å². The first-order valence-electron chi connectivity index (χ1n) is 5.27. The second-order valence-electron chi connectivity index (χ2n) is 3.71. The Balaban J connectivity index is 2.44. The summed E-state index contributed by atoms with van der Waals surface area (Å²) in [6.07, 6.45) is 1.78. The summed E-state index contributed by atoms with van der Waals surface area (Å²) in [5.41, 5.74) is 1.45. The Morgan fingerprint density at radius 1 is 1.39 bits per heavy atom. The summed E-state index contributed by atoms with van der Waals surface area (Å²) in [5.74, 6) is 0.526. The predicted octanol–water partition coefficient (Wildman–Crippen LogP) is 2.95. The molecule has 2 aromatic rings. The summed E-state index contributed by atoms with van der Waals surface area (Å²) in [7, 11) is 1.58. The highest BCUT2D eigenvalue weighted by Crippen LogP contribution is 2.29. The van der Waals surface area contributed by atoms with Crippen LogP contribution in [0.5, 0.6) is 0 Å². The van der Waals surface area contributed by atoms with Crippen LogP contribution < -0.4 is 0 Å². The Hall–Kier alpha value is -1.07. The minimum absolute atomic E-state index is 0.158. The van der Waals surface area contributed by atoms with Crippen molar-refractivity contribution in [3.05, 3.63) is 40.3 Å². The van der Waals surface area contributed by atoms with Crippen molar-refractivity contribution in [2.24, 2.45) is 0 Å². The lowest BCUT2D eigenvalue weighted by atomic mass is 10.2. The Kier molecular flexibility index (Phi) is 4.24. The number of rotatable bonds is 4. The molecule has 0 atom stereocenters. The van der Waals surface area contributed by atoms with Crippen LogP contribution >= 0.6 is 23.2 Å². The number of aliphatic hydroxyl groups excluding tert-OH is 1. The SMILES string of the molecule is COCn1cc(-c2ccc(Cl)cc2Cl)nc1CO. The van der Waals surface area contributed by atoms with Crippen molar-refractivity contribution in [2.45, 2.75) is 13.3 Å². The van der Waals surface area contributed by atoms with E-state index in [2.05, 4.69) is 4.98 Å². The minimum Gasteiger partial charge on any atom is -0.388 e. The van der Waals surface area contributed by atoms with Crippen molar-refractivity contribution in [2.75, 3.05) is 7.11 Å². The van der Waals surface area contributed by atoms with E-state index in [-0.39, 0.29) is 6.61 Å². The van der Waals surface area contributed by atoms with Crippen molar-refractivity contribution in [3.63, 3.8) is 0 Å².